The fourth-order valence-electron chi connectivity index (χ4n) is 3.51. The summed E-state index contributed by atoms with van der Waals surface area (Å²) in [5.41, 5.74) is 2.62. The van der Waals surface area contributed by atoms with Crippen molar-refractivity contribution in [2.24, 2.45) is 0 Å². The van der Waals surface area contributed by atoms with Crippen molar-refractivity contribution < 1.29 is 19.0 Å². The first-order chi connectivity index (χ1) is 14.7. The first kappa shape index (κ1) is 20.0. The Hall–Kier alpha value is -3.33. The molecule has 4 rings (SSSR count). The van der Waals surface area contributed by atoms with Crippen LogP contribution in [0, 0.1) is 0 Å². The van der Waals surface area contributed by atoms with E-state index in [4.69, 9.17) is 19.2 Å². The summed E-state index contributed by atoms with van der Waals surface area (Å²) in [6.07, 6.45) is 3.41. The highest BCUT2D eigenvalue weighted by molar-refractivity contribution is 5.81. The quantitative estimate of drug-likeness (QED) is 0.576. The van der Waals surface area contributed by atoms with Gasteiger partial charge in [-0.25, -0.2) is 14.3 Å². The van der Waals surface area contributed by atoms with Crippen molar-refractivity contribution in [3.8, 4) is 16.9 Å². The van der Waals surface area contributed by atoms with Gasteiger partial charge in [-0.1, -0.05) is 18.2 Å². The molecule has 1 saturated heterocycles. The number of benzene rings is 1. The third-order valence-electron chi connectivity index (χ3n) is 5.13. The van der Waals surface area contributed by atoms with Gasteiger partial charge in [0, 0.05) is 45.0 Å². The highest BCUT2D eigenvalue weighted by atomic mass is 16.6. The van der Waals surface area contributed by atoms with Crippen LogP contribution in [-0.2, 0) is 9.47 Å². The molecule has 1 amide bonds. The van der Waals surface area contributed by atoms with Crippen LogP contribution in [0.1, 0.15) is 0 Å². The smallest absolute Gasteiger partial charge is 0.409 e. The van der Waals surface area contributed by atoms with Crippen LogP contribution in [0.2, 0.25) is 0 Å². The first-order valence-electron chi connectivity index (χ1n) is 9.84. The molecule has 3 aromatic rings. The second kappa shape index (κ2) is 9.00. The van der Waals surface area contributed by atoms with Crippen molar-refractivity contribution in [1.29, 1.82) is 0 Å². The van der Waals surface area contributed by atoms with Gasteiger partial charge >= 0.3 is 6.09 Å². The summed E-state index contributed by atoms with van der Waals surface area (Å²) in [7, 11) is 3.24. The molecule has 1 aliphatic heterocycles. The fraction of sp³-hybridized carbons (Fsp3) is 0.381. The third-order valence-corrected chi connectivity index (χ3v) is 5.13. The number of para-hydroxylation sites is 1. The van der Waals surface area contributed by atoms with E-state index in [9.17, 15) is 4.79 Å². The molecule has 3 heterocycles. The minimum atomic E-state index is -0.302. The molecule has 158 valence electrons. The van der Waals surface area contributed by atoms with Crippen LogP contribution in [-0.4, -0.2) is 79.2 Å². The van der Waals surface area contributed by atoms with Gasteiger partial charge in [0.15, 0.2) is 5.65 Å². The van der Waals surface area contributed by atoms with Crippen molar-refractivity contribution in [2.75, 3.05) is 58.5 Å². The molecule has 0 saturated carbocycles. The Morgan fingerprint density at radius 1 is 1.03 bits per heavy atom. The molecule has 1 fully saturated rings. The van der Waals surface area contributed by atoms with E-state index in [2.05, 4.69) is 10.00 Å². The maximum atomic E-state index is 12.1. The Morgan fingerprint density at radius 3 is 2.60 bits per heavy atom. The fourth-order valence-corrected chi connectivity index (χ4v) is 3.51. The van der Waals surface area contributed by atoms with Crippen LogP contribution < -0.4 is 9.64 Å². The average molecular weight is 411 g/mol. The zero-order valence-electron chi connectivity index (χ0n) is 17.2. The molecule has 9 nitrogen and oxygen atoms in total. The van der Waals surface area contributed by atoms with Crippen LogP contribution in [0.5, 0.6) is 5.75 Å². The number of carbonyl (C=O) groups excluding carboxylic acids is 1. The van der Waals surface area contributed by atoms with Crippen molar-refractivity contribution in [1.82, 2.24) is 19.5 Å². The maximum Gasteiger partial charge on any atom is 0.409 e. The van der Waals surface area contributed by atoms with Gasteiger partial charge in [-0.05, 0) is 12.1 Å². The van der Waals surface area contributed by atoms with Gasteiger partial charge in [-0.2, -0.15) is 5.10 Å². The molecule has 0 radical (unpaired) electrons. The van der Waals surface area contributed by atoms with E-state index in [0.29, 0.717) is 32.8 Å². The molecule has 9 heteroatoms. The predicted octanol–water partition coefficient (Wildman–Crippen LogP) is 2.31. The molecular formula is C21H25N5O4. The van der Waals surface area contributed by atoms with Crippen molar-refractivity contribution in [3.05, 3.63) is 42.7 Å². The van der Waals surface area contributed by atoms with Gasteiger partial charge in [-0.3, -0.25) is 0 Å². The normalized spacial score (nSPS) is 14.2. The number of amides is 1. The largest absolute Gasteiger partial charge is 0.496 e. The standard InChI is InChI=1S/C21H25N5O4/c1-28-13-14-30-21(27)25-11-9-24(10-12-25)19-7-8-26-20(23-19)17(15-22-26)16-5-3-4-6-18(16)29-2/h3-8,15H,9-14H2,1-2H3. The summed E-state index contributed by atoms with van der Waals surface area (Å²) in [5.74, 6) is 1.63. The molecular weight excluding hydrogens is 386 g/mol. The lowest BCUT2D eigenvalue weighted by molar-refractivity contribution is 0.0705. The maximum absolute atomic E-state index is 12.1. The van der Waals surface area contributed by atoms with E-state index in [1.807, 2.05) is 36.5 Å². The monoisotopic (exact) mass is 411 g/mol. The molecule has 1 aliphatic rings. The van der Waals surface area contributed by atoms with Crippen molar-refractivity contribution in [3.63, 3.8) is 0 Å². The topological polar surface area (TPSA) is 81.4 Å². The number of carbonyl (C=O) groups is 1. The second-order valence-corrected chi connectivity index (χ2v) is 6.89. The Balaban J connectivity index is 1.50. The second-order valence-electron chi connectivity index (χ2n) is 6.89. The third kappa shape index (κ3) is 4.02. The number of ether oxygens (including phenoxy) is 3. The highest BCUT2D eigenvalue weighted by Gasteiger charge is 2.23. The molecule has 0 aliphatic carbocycles. The highest BCUT2D eigenvalue weighted by Crippen LogP contribution is 2.32. The molecule has 0 atom stereocenters. The van der Waals surface area contributed by atoms with E-state index < -0.39 is 0 Å². The number of fused-ring (bicyclic) bond motifs is 1. The number of piperazine rings is 1. The zero-order chi connectivity index (χ0) is 20.9. The van der Waals surface area contributed by atoms with Crippen molar-refractivity contribution >= 4 is 17.6 Å². The number of hydrogen-bond acceptors (Lipinski definition) is 7. The van der Waals surface area contributed by atoms with Crippen LogP contribution in [0.3, 0.4) is 0 Å². The zero-order valence-corrected chi connectivity index (χ0v) is 17.2. The van der Waals surface area contributed by atoms with E-state index in [0.717, 1.165) is 28.3 Å². The van der Waals surface area contributed by atoms with Crippen molar-refractivity contribution in [2.45, 2.75) is 0 Å². The molecule has 0 N–H and O–H groups in total. The van der Waals surface area contributed by atoms with Gasteiger partial charge < -0.3 is 24.0 Å². The molecule has 1 aromatic carbocycles. The number of hydrogen-bond donors (Lipinski definition) is 0. The summed E-state index contributed by atoms with van der Waals surface area (Å²) in [6, 6.07) is 9.77. The summed E-state index contributed by atoms with van der Waals surface area (Å²) in [5, 5.41) is 4.43. The first-order valence-corrected chi connectivity index (χ1v) is 9.84. The van der Waals surface area contributed by atoms with E-state index in [1.165, 1.54) is 0 Å². The van der Waals surface area contributed by atoms with Crippen LogP contribution >= 0.6 is 0 Å². The molecule has 0 unspecified atom stereocenters. The minimum Gasteiger partial charge on any atom is -0.496 e. The number of rotatable bonds is 6. The van der Waals surface area contributed by atoms with Crippen LogP contribution in [0.4, 0.5) is 10.6 Å². The summed E-state index contributed by atoms with van der Waals surface area (Å²) in [6.45, 7) is 3.19. The van der Waals surface area contributed by atoms with E-state index in [1.54, 1.807) is 29.8 Å². The lowest BCUT2D eigenvalue weighted by Crippen LogP contribution is -2.49. The molecule has 0 spiro atoms. The van der Waals surface area contributed by atoms with Gasteiger partial charge in [0.05, 0.1) is 25.5 Å². The van der Waals surface area contributed by atoms with Gasteiger partial charge in [0.1, 0.15) is 18.2 Å². The lowest BCUT2D eigenvalue weighted by Gasteiger charge is -2.34. The SMILES string of the molecule is COCCOC(=O)N1CCN(c2ccn3ncc(-c4ccccc4OC)c3n2)CC1. The van der Waals surface area contributed by atoms with E-state index >= 15 is 0 Å². The van der Waals surface area contributed by atoms with Gasteiger partial charge in [0.25, 0.3) is 0 Å². The summed E-state index contributed by atoms with van der Waals surface area (Å²) in [4.78, 5) is 20.8. The molecule has 30 heavy (non-hydrogen) atoms. The minimum absolute atomic E-state index is 0.265. The Labute approximate surface area is 174 Å². The van der Waals surface area contributed by atoms with Crippen LogP contribution in [0.15, 0.2) is 42.7 Å². The number of nitrogens with zero attached hydrogens (tertiary/aromatic N) is 5. The van der Waals surface area contributed by atoms with Crippen LogP contribution in [0.25, 0.3) is 16.8 Å². The van der Waals surface area contributed by atoms with Gasteiger partial charge in [-0.15, -0.1) is 0 Å². The van der Waals surface area contributed by atoms with Gasteiger partial charge in [0.2, 0.25) is 0 Å². The molecule has 0 bridgehead atoms. The predicted molar refractivity (Wildman–Crippen MR) is 112 cm³/mol. The Bertz CT molecular complexity index is 1010. The summed E-state index contributed by atoms with van der Waals surface area (Å²) >= 11 is 0. The Morgan fingerprint density at radius 2 is 1.83 bits per heavy atom. The summed E-state index contributed by atoms with van der Waals surface area (Å²) < 4.78 is 17.4. The average Bonchev–Trinajstić information content (AvgIpc) is 3.22. The number of aromatic nitrogens is 3. The van der Waals surface area contributed by atoms with E-state index in [-0.39, 0.29) is 12.7 Å². The number of anilines is 1. The Kier molecular flexibility index (Phi) is 5.99. The lowest BCUT2D eigenvalue weighted by atomic mass is 10.1. The number of methoxy groups -OCH3 is 2. The molecule has 2 aromatic heterocycles.